The van der Waals surface area contributed by atoms with Crippen LogP contribution in [0.25, 0.3) is 0 Å². The second kappa shape index (κ2) is 9.87. The van der Waals surface area contributed by atoms with Gasteiger partial charge in [-0.3, -0.25) is 0 Å². The van der Waals surface area contributed by atoms with Crippen LogP contribution in [0.4, 0.5) is 0 Å². The highest BCUT2D eigenvalue weighted by atomic mass is 32.2. The third-order valence-corrected chi connectivity index (χ3v) is 13.9. The van der Waals surface area contributed by atoms with Gasteiger partial charge in [0, 0.05) is 16.0 Å². The number of aromatic hydroxyl groups is 1. The average molecular weight is 409 g/mol. The second-order valence-corrected chi connectivity index (χ2v) is 16.8. The molecular weight excluding hydrogens is 364 g/mol. The topological polar surface area (TPSA) is 20.2 Å². The van der Waals surface area contributed by atoms with Gasteiger partial charge in [0.1, 0.15) is 5.75 Å². The summed E-state index contributed by atoms with van der Waals surface area (Å²) >= 11 is 2.07. The smallest absolute Gasteiger partial charge is 0.123 e. The van der Waals surface area contributed by atoms with Crippen LogP contribution in [0.5, 0.6) is 5.75 Å². The molecule has 0 amide bonds. The molecular formula is C24H44OSSi. The first-order chi connectivity index (χ1) is 12.4. The lowest BCUT2D eigenvalue weighted by Crippen LogP contribution is -2.37. The predicted octanol–water partition coefficient (Wildman–Crippen LogP) is 8.30. The van der Waals surface area contributed by atoms with Crippen LogP contribution in [-0.2, 0) is 10.8 Å². The van der Waals surface area contributed by atoms with E-state index in [9.17, 15) is 5.11 Å². The Morgan fingerprint density at radius 1 is 0.778 bits per heavy atom. The van der Waals surface area contributed by atoms with Gasteiger partial charge in [0.2, 0.25) is 0 Å². The summed E-state index contributed by atoms with van der Waals surface area (Å²) in [5.74, 6) is 0.499. The van der Waals surface area contributed by atoms with E-state index in [4.69, 9.17) is 0 Å². The van der Waals surface area contributed by atoms with Crippen molar-refractivity contribution in [2.45, 2.75) is 115 Å². The van der Waals surface area contributed by atoms with E-state index in [-0.39, 0.29) is 10.8 Å². The van der Waals surface area contributed by atoms with Gasteiger partial charge in [0.25, 0.3) is 0 Å². The summed E-state index contributed by atoms with van der Waals surface area (Å²) in [6.45, 7) is 20.3. The lowest BCUT2D eigenvalue weighted by Gasteiger charge is -2.32. The van der Waals surface area contributed by atoms with Crippen molar-refractivity contribution >= 4 is 19.8 Å². The Balaban J connectivity index is 3.29. The maximum Gasteiger partial charge on any atom is 0.123 e. The molecule has 0 fully saturated rings. The van der Waals surface area contributed by atoms with E-state index in [1.165, 1.54) is 47.7 Å². The van der Waals surface area contributed by atoms with Gasteiger partial charge >= 0.3 is 0 Å². The summed E-state index contributed by atoms with van der Waals surface area (Å²) in [7, 11) is -1.22. The zero-order valence-corrected chi connectivity index (χ0v) is 21.3. The van der Waals surface area contributed by atoms with Gasteiger partial charge in [-0.2, -0.15) is 0 Å². The van der Waals surface area contributed by atoms with Gasteiger partial charge in [-0.1, -0.05) is 99.7 Å². The van der Waals surface area contributed by atoms with Gasteiger partial charge in [0.05, 0.1) is 8.07 Å². The van der Waals surface area contributed by atoms with Crippen molar-refractivity contribution in [1.82, 2.24) is 0 Å². The average Bonchev–Trinajstić information content (AvgIpc) is 2.52. The molecule has 0 aliphatic rings. The van der Waals surface area contributed by atoms with E-state index >= 15 is 0 Å². The van der Waals surface area contributed by atoms with Crippen LogP contribution in [0, 0.1) is 0 Å². The first-order valence-corrected chi connectivity index (χ1v) is 14.7. The molecule has 3 heteroatoms. The van der Waals surface area contributed by atoms with E-state index in [0.29, 0.717) is 5.75 Å². The van der Waals surface area contributed by atoms with E-state index in [2.05, 4.69) is 86.2 Å². The van der Waals surface area contributed by atoms with Crippen LogP contribution in [0.2, 0.25) is 18.1 Å². The van der Waals surface area contributed by atoms with Crippen LogP contribution >= 0.6 is 11.8 Å². The molecule has 0 heterocycles. The fourth-order valence-corrected chi connectivity index (χ4v) is 12.2. The number of rotatable bonds is 9. The third-order valence-electron chi connectivity index (χ3n) is 5.59. The largest absolute Gasteiger partial charge is 0.507 e. The highest BCUT2D eigenvalue weighted by Crippen LogP contribution is 2.42. The first kappa shape index (κ1) is 24.6. The monoisotopic (exact) mass is 408 g/mol. The molecule has 0 saturated carbocycles. The molecule has 1 N–H and O–H groups in total. The summed E-state index contributed by atoms with van der Waals surface area (Å²) in [6, 6.07) is 8.89. The SMILES string of the molecule is CCC[Si](CCC)(CCC)CSc1cc(C(C)(C)C)c(O)c(C(C)(C)C)c1. The number of hydrogen-bond donors (Lipinski definition) is 1. The Kier molecular flexibility index (Phi) is 9.00. The van der Waals surface area contributed by atoms with Crippen molar-refractivity contribution in [3.8, 4) is 5.75 Å². The van der Waals surface area contributed by atoms with Gasteiger partial charge < -0.3 is 5.11 Å². The van der Waals surface area contributed by atoms with Gasteiger partial charge in [-0.15, -0.1) is 11.8 Å². The summed E-state index contributed by atoms with van der Waals surface area (Å²) in [4.78, 5) is 1.35. The van der Waals surface area contributed by atoms with E-state index in [1.807, 2.05) is 0 Å². The zero-order valence-electron chi connectivity index (χ0n) is 19.5. The summed E-state index contributed by atoms with van der Waals surface area (Å²) < 4.78 is 0. The van der Waals surface area contributed by atoms with Gasteiger partial charge in [-0.25, -0.2) is 0 Å². The van der Waals surface area contributed by atoms with Crippen LogP contribution in [-0.4, -0.2) is 18.6 Å². The zero-order chi connectivity index (χ0) is 20.9. The molecule has 1 rings (SSSR count). The standard InChI is InChI=1S/C24H44OSSi/c1-10-13-27(14-11-2,15-12-3)18-26-19-16-20(23(4,5)6)22(25)21(17-19)24(7,8)9/h16-17,25H,10-15,18H2,1-9H3. The second-order valence-electron chi connectivity index (χ2n) is 10.4. The van der Waals surface area contributed by atoms with Crippen molar-refractivity contribution in [3.63, 3.8) is 0 Å². The Morgan fingerprint density at radius 2 is 1.15 bits per heavy atom. The molecule has 0 radical (unpaired) electrons. The fraction of sp³-hybridized carbons (Fsp3) is 0.750. The normalized spacial score (nSPS) is 13.2. The third kappa shape index (κ3) is 6.85. The molecule has 0 spiro atoms. The number of thioether (sulfide) groups is 1. The lowest BCUT2D eigenvalue weighted by atomic mass is 9.79. The molecule has 0 saturated heterocycles. The molecule has 0 unspecified atom stereocenters. The molecule has 0 aliphatic heterocycles. The van der Waals surface area contributed by atoms with E-state index in [1.54, 1.807) is 0 Å². The molecule has 156 valence electrons. The molecule has 1 nitrogen and oxygen atoms in total. The van der Waals surface area contributed by atoms with E-state index < -0.39 is 8.07 Å². The molecule has 1 aromatic rings. The van der Waals surface area contributed by atoms with Crippen LogP contribution in [0.3, 0.4) is 0 Å². The highest BCUT2D eigenvalue weighted by molar-refractivity contribution is 8.01. The fourth-order valence-electron chi connectivity index (χ4n) is 4.25. The predicted molar refractivity (Wildman–Crippen MR) is 127 cm³/mol. The van der Waals surface area contributed by atoms with Crippen LogP contribution in [0.15, 0.2) is 17.0 Å². The van der Waals surface area contributed by atoms with Crippen molar-refractivity contribution in [1.29, 1.82) is 0 Å². The minimum absolute atomic E-state index is 0.0502. The molecule has 27 heavy (non-hydrogen) atoms. The Hall–Kier alpha value is -0.413. The lowest BCUT2D eigenvalue weighted by molar-refractivity contribution is 0.422. The minimum atomic E-state index is -1.22. The molecule has 0 aliphatic carbocycles. The van der Waals surface area contributed by atoms with Crippen molar-refractivity contribution in [3.05, 3.63) is 23.3 Å². The molecule has 0 atom stereocenters. The van der Waals surface area contributed by atoms with Gasteiger partial charge in [-0.05, 0) is 28.3 Å². The summed E-state index contributed by atoms with van der Waals surface area (Å²) in [5, 5.41) is 12.3. The molecule has 0 aromatic heterocycles. The Labute approximate surface area is 174 Å². The van der Waals surface area contributed by atoms with Gasteiger partial charge in [0.15, 0.2) is 0 Å². The number of phenolic OH excluding ortho intramolecular Hbond substituents is 1. The van der Waals surface area contributed by atoms with Crippen LogP contribution < -0.4 is 0 Å². The Bertz CT molecular complexity index is 543. The maximum atomic E-state index is 11.0. The van der Waals surface area contributed by atoms with E-state index in [0.717, 1.165) is 11.1 Å². The van der Waals surface area contributed by atoms with Crippen molar-refractivity contribution < 1.29 is 5.11 Å². The number of hydrogen-bond acceptors (Lipinski definition) is 2. The quantitative estimate of drug-likeness (QED) is 0.327. The molecule has 1 aromatic carbocycles. The first-order valence-electron chi connectivity index (χ1n) is 10.9. The number of benzene rings is 1. The van der Waals surface area contributed by atoms with Crippen molar-refractivity contribution in [2.75, 3.05) is 5.38 Å². The Morgan fingerprint density at radius 3 is 1.44 bits per heavy atom. The number of phenols is 1. The van der Waals surface area contributed by atoms with Crippen LogP contribution in [0.1, 0.15) is 92.7 Å². The maximum absolute atomic E-state index is 11.0. The van der Waals surface area contributed by atoms with Crippen molar-refractivity contribution in [2.24, 2.45) is 0 Å². The highest BCUT2D eigenvalue weighted by Gasteiger charge is 2.31. The minimum Gasteiger partial charge on any atom is -0.507 e. The molecule has 0 bridgehead atoms. The summed E-state index contributed by atoms with van der Waals surface area (Å²) in [5.41, 5.74) is 2.08. The summed E-state index contributed by atoms with van der Waals surface area (Å²) in [6.07, 6.45) is 3.97.